The van der Waals surface area contributed by atoms with Crippen LogP contribution in [0, 0.1) is 6.92 Å². The van der Waals surface area contributed by atoms with E-state index in [1.165, 1.54) is 0 Å². The van der Waals surface area contributed by atoms with Crippen LogP contribution in [0.4, 0.5) is 10.8 Å². The molecule has 0 aliphatic rings. The fourth-order valence-electron chi connectivity index (χ4n) is 1.84. The molecule has 1 aromatic carbocycles. The summed E-state index contributed by atoms with van der Waals surface area (Å²) in [5.74, 6) is 0. The molecule has 0 aliphatic carbocycles. The highest BCUT2D eigenvalue weighted by Gasteiger charge is 2.09. The van der Waals surface area contributed by atoms with Crippen LogP contribution in [0.2, 0.25) is 0 Å². The van der Waals surface area contributed by atoms with Crippen LogP contribution in [0.15, 0.2) is 23.6 Å². The Kier molecular flexibility index (Phi) is 3.87. The molecule has 4 heteroatoms. The van der Waals surface area contributed by atoms with Gasteiger partial charge in [0.05, 0.1) is 5.69 Å². The van der Waals surface area contributed by atoms with Crippen LogP contribution in [0.3, 0.4) is 0 Å². The van der Waals surface area contributed by atoms with Crippen molar-refractivity contribution >= 4 is 22.2 Å². The second-order valence-electron chi connectivity index (χ2n) is 4.26. The van der Waals surface area contributed by atoms with E-state index >= 15 is 0 Å². The molecular formula is C14H19N3S. The Morgan fingerprint density at radius 3 is 2.61 bits per heavy atom. The second-order valence-corrected chi connectivity index (χ2v) is 5.10. The van der Waals surface area contributed by atoms with Crippen LogP contribution >= 0.6 is 11.3 Å². The summed E-state index contributed by atoms with van der Waals surface area (Å²) in [5.41, 5.74) is 9.97. The molecule has 1 aromatic heterocycles. The summed E-state index contributed by atoms with van der Waals surface area (Å²) in [7, 11) is 0. The normalized spacial score (nSPS) is 10.6. The van der Waals surface area contributed by atoms with Gasteiger partial charge in [0.1, 0.15) is 0 Å². The Morgan fingerprint density at radius 2 is 2.00 bits per heavy atom. The fraction of sp³-hybridized carbons (Fsp3) is 0.357. The van der Waals surface area contributed by atoms with Crippen molar-refractivity contribution < 1.29 is 0 Å². The van der Waals surface area contributed by atoms with Crippen LogP contribution < -0.4 is 10.6 Å². The van der Waals surface area contributed by atoms with E-state index < -0.39 is 0 Å². The SMILES string of the molecule is CCN(CC)c1nc(-c2ccc(C)c(N)c2)cs1. The number of nitrogens with two attached hydrogens (primary N) is 1. The molecule has 3 nitrogen and oxygen atoms in total. The number of rotatable bonds is 4. The quantitative estimate of drug-likeness (QED) is 0.856. The summed E-state index contributed by atoms with van der Waals surface area (Å²) < 4.78 is 0. The molecule has 0 saturated heterocycles. The van der Waals surface area contributed by atoms with Gasteiger partial charge < -0.3 is 10.6 Å². The lowest BCUT2D eigenvalue weighted by molar-refractivity contribution is 0.860. The minimum Gasteiger partial charge on any atom is -0.398 e. The van der Waals surface area contributed by atoms with Gasteiger partial charge in [-0.3, -0.25) is 0 Å². The van der Waals surface area contributed by atoms with Gasteiger partial charge in [0, 0.05) is 29.7 Å². The van der Waals surface area contributed by atoms with Crippen molar-refractivity contribution in [3.63, 3.8) is 0 Å². The largest absolute Gasteiger partial charge is 0.398 e. The first-order valence-corrected chi connectivity index (χ1v) is 7.10. The molecule has 1 heterocycles. The standard InChI is InChI=1S/C14H19N3S/c1-4-17(5-2)14-16-13(9-18-14)11-7-6-10(3)12(15)8-11/h6-9H,4-5,15H2,1-3H3. The van der Waals surface area contributed by atoms with Gasteiger partial charge in [0.15, 0.2) is 5.13 Å². The average molecular weight is 261 g/mol. The third kappa shape index (κ3) is 2.48. The van der Waals surface area contributed by atoms with Crippen LogP contribution in [-0.4, -0.2) is 18.1 Å². The van der Waals surface area contributed by atoms with E-state index in [1.54, 1.807) is 11.3 Å². The number of thiazole rings is 1. The Labute approximate surface area is 112 Å². The van der Waals surface area contributed by atoms with Gasteiger partial charge in [-0.2, -0.15) is 0 Å². The molecule has 0 spiro atoms. The van der Waals surface area contributed by atoms with Gasteiger partial charge in [-0.25, -0.2) is 4.98 Å². The van der Waals surface area contributed by atoms with Crippen molar-refractivity contribution in [1.29, 1.82) is 0 Å². The summed E-state index contributed by atoms with van der Waals surface area (Å²) in [6, 6.07) is 6.12. The van der Waals surface area contributed by atoms with E-state index in [1.807, 2.05) is 19.1 Å². The number of nitrogen functional groups attached to an aromatic ring is 1. The summed E-state index contributed by atoms with van der Waals surface area (Å²) in [6.07, 6.45) is 0. The number of hydrogen-bond donors (Lipinski definition) is 1. The molecule has 2 rings (SSSR count). The number of aromatic nitrogens is 1. The Bertz CT molecular complexity index is 530. The van der Waals surface area contributed by atoms with Gasteiger partial charge in [0.25, 0.3) is 0 Å². The molecule has 0 atom stereocenters. The maximum atomic E-state index is 5.94. The van der Waals surface area contributed by atoms with Gasteiger partial charge >= 0.3 is 0 Å². The highest BCUT2D eigenvalue weighted by molar-refractivity contribution is 7.14. The van der Waals surface area contributed by atoms with Crippen molar-refractivity contribution in [3.8, 4) is 11.3 Å². The third-order valence-corrected chi connectivity index (χ3v) is 4.00. The summed E-state index contributed by atoms with van der Waals surface area (Å²) in [6.45, 7) is 8.28. The van der Waals surface area contributed by atoms with Crippen LogP contribution in [0.1, 0.15) is 19.4 Å². The van der Waals surface area contributed by atoms with Crippen molar-refractivity contribution in [2.45, 2.75) is 20.8 Å². The van der Waals surface area contributed by atoms with Gasteiger partial charge in [-0.05, 0) is 32.4 Å². The highest BCUT2D eigenvalue weighted by atomic mass is 32.1. The minimum absolute atomic E-state index is 0.824. The number of benzene rings is 1. The van der Waals surface area contributed by atoms with E-state index in [-0.39, 0.29) is 0 Å². The molecular weight excluding hydrogens is 242 g/mol. The van der Waals surface area contributed by atoms with Crippen LogP contribution in [0.25, 0.3) is 11.3 Å². The summed E-state index contributed by atoms with van der Waals surface area (Å²) >= 11 is 1.69. The Balaban J connectivity index is 2.31. The topological polar surface area (TPSA) is 42.2 Å². The average Bonchev–Trinajstić information content (AvgIpc) is 2.84. The number of hydrogen-bond acceptors (Lipinski definition) is 4. The zero-order valence-corrected chi connectivity index (χ0v) is 11.9. The Hall–Kier alpha value is -1.55. The van der Waals surface area contributed by atoms with Crippen molar-refractivity contribution in [2.24, 2.45) is 0 Å². The van der Waals surface area contributed by atoms with E-state index in [0.717, 1.165) is 40.7 Å². The zero-order chi connectivity index (χ0) is 13.1. The van der Waals surface area contributed by atoms with E-state index in [2.05, 4.69) is 35.2 Å². The smallest absolute Gasteiger partial charge is 0.185 e. The zero-order valence-electron chi connectivity index (χ0n) is 11.1. The molecule has 18 heavy (non-hydrogen) atoms. The first-order valence-electron chi connectivity index (χ1n) is 6.22. The van der Waals surface area contributed by atoms with E-state index in [4.69, 9.17) is 5.73 Å². The molecule has 0 amide bonds. The van der Waals surface area contributed by atoms with Crippen LogP contribution in [-0.2, 0) is 0 Å². The minimum atomic E-state index is 0.824. The van der Waals surface area contributed by atoms with Crippen molar-refractivity contribution in [2.75, 3.05) is 23.7 Å². The molecule has 0 fully saturated rings. The predicted octanol–water partition coefficient (Wildman–Crippen LogP) is 3.55. The number of anilines is 2. The van der Waals surface area contributed by atoms with E-state index in [0.29, 0.717) is 0 Å². The second kappa shape index (κ2) is 5.40. The first-order chi connectivity index (χ1) is 8.65. The van der Waals surface area contributed by atoms with Gasteiger partial charge in [-0.1, -0.05) is 12.1 Å². The summed E-state index contributed by atoms with van der Waals surface area (Å²) in [4.78, 5) is 6.94. The Morgan fingerprint density at radius 1 is 1.28 bits per heavy atom. The number of aryl methyl sites for hydroxylation is 1. The number of nitrogens with zero attached hydrogens (tertiary/aromatic N) is 2. The van der Waals surface area contributed by atoms with Crippen LogP contribution in [0.5, 0.6) is 0 Å². The molecule has 0 aliphatic heterocycles. The van der Waals surface area contributed by atoms with Crippen molar-refractivity contribution in [3.05, 3.63) is 29.1 Å². The molecule has 0 unspecified atom stereocenters. The lowest BCUT2D eigenvalue weighted by atomic mass is 10.1. The van der Waals surface area contributed by atoms with Crippen molar-refractivity contribution in [1.82, 2.24) is 4.98 Å². The molecule has 0 bridgehead atoms. The molecule has 2 N–H and O–H groups in total. The fourth-order valence-corrected chi connectivity index (χ4v) is 2.80. The summed E-state index contributed by atoms with van der Waals surface area (Å²) in [5, 5.41) is 3.17. The third-order valence-electron chi connectivity index (χ3n) is 3.10. The first kappa shape index (κ1) is 12.9. The molecule has 96 valence electrons. The molecule has 0 radical (unpaired) electrons. The van der Waals surface area contributed by atoms with Gasteiger partial charge in [0.2, 0.25) is 0 Å². The highest BCUT2D eigenvalue weighted by Crippen LogP contribution is 2.29. The monoisotopic (exact) mass is 261 g/mol. The lowest BCUT2D eigenvalue weighted by Crippen LogP contribution is -2.21. The maximum absolute atomic E-state index is 5.94. The molecule has 2 aromatic rings. The van der Waals surface area contributed by atoms with E-state index in [9.17, 15) is 0 Å². The molecule has 0 saturated carbocycles. The predicted molar refractivity (Wildman–Crippen MR) is 80.3 cm³/mol. The van der Waals surface area contributed by atoms with Gasteiger partial charge in [-0.15, -0.1) is 11.3 Å². The maximum Gasteiger partial charge on any atom is 0.185 e. The lowest BCUT2D eigenvalue weighted by Gasteiger charge is -2.16.